The van der Waals surface area contributed by atoms with Crippen molar-refractivity contribution < 1.29 is 14.6 Å². The molecule has 3 heteroatoms. The zero-order valence-corrected chi connectivity index (χ0v) is 5.57. The molecular weight excluding hydrogens is 132 g/mol. The van der Waals surface area contributed by atoms with Crippen LogP contribution in [0.4, 0.5) is 0 Å². The minimum atomic E-state index is -0.177. The molecule has 2 unspecified atom stereocenters. The maximum absolute atomic E-state index is 11.0. The zero-order chi connectivity index (χ0) is 7.09. The number of rotatable bonds is 1. The highest BCUT2D eigenvalue weighted by Crippen LogP contribution is 2.96. The van der Waals surface area contributed by atoms with Crippen LogP contribution in [0, 0.1) is 23.2 Å². The van der Waals surface area contributed by atoms with Gasteiger partial charge in [0.05, 0.1) is 18.6 Å². The molecule has 4 aliphatic carbocycles. The summed E-state index contributed by atoms with van der Waals surface area (Å²) in [6.07, 6.45) is -0.177. The molecular formula is C7H8O3. The predicted molar refractivity (Wildman–Crippen MR) is 30.9 cm³/mol. The second-order valence-corrected chi connectivity index (χ2v) is 3.49. The Hall–Kier alpha value is -0.570. The van der Waals surface area contributed by atoms with Gasteiger partial charge in [0.25, 0.3) is 0 Å². The van der Waals surface area contributed by atoms with Crippen molar-refractivity contribution in [3.05, 3.63) is 0 Å². The smallest absolute Gasteiger partial charge is 0.312 e. The molecule has 10 heavy (non-hydrogen) atoms. The lowest BCUT2D eigenvalue weighted by molar-refractivity contribution is -0.155. The van der Waals surface area contributed by atoms with E-state index in [1.807, 2.05) is 0 Å². The lowest BCUT2D eigenvalue weighted by atomic mass is 9.73. The molecule has 1 N–H and O–H groups in total. The first-order valence-electron chi connectivity index (χ1n) is 3.52. The van der Waals surface area contributed by atoms with E-state index in [2.05, 4.69) is 4.74 Å². The number of aliphatic hydroxyl groups is 1. The molecule has 0 aromatic heterocycles. The third-order valence-electron chi connectivity index (χ3n) is 3.49. The van der Waals surface area contributed by atoms with E-state index in [9.17, 15) is 4.79 Å². The Balaban J connectivity index is 1.85. The van der Waals surface area contributed by atoms with Crippen LogP contribution < -0.4 is 0 Å². The molecule has 3 nitrogen and oxygen atoms in total. The summed E-state index contributed by atoms with van der Waals surface area (Å²) in [5.74, 6) is 0.975. The van der Waals surface area contributed by atoms with Crippen LogP contribution in [0.5, 0.6) is 0 Å². The molecule has 2 atom stereocenters. The van der Waals surface area contributed by atoms with Crippen LogP contribution in [0.15, 0.2) is 0 Å². The molecule has 0 amide bonds. The molecule has 4 fully saturated rings. The number of esters is 1. The summed E-state index contributed by atoms with van der Waals surface area (Å²) in [7, 11) is 1.41. The van der Waals surface area contributed by atoms with Crippen LogP contribution in [0.1, 0.15) is 0 Å². The van der Waals surface area contributed by atoms with Crippen LogP contribution in [-0.2, 0) is 9.53 Å². The van der Waals surface area contributed by atoms with E-state index in [0.717, 1.165) is 0 Å². The molecule has 4 aliphatic rings. The average molecular weight is 140 g/mol. The Labute approximate surface area is 58.0 Å². The Morgan fingerprint density at radius 3 is 2.40 bits per heavy atom. The highest BCUT2D eigenvalue weighted by atomic mass is 16.5. The van der Waals surface area contributed by atoms with Crippen LogP contribution in [0.3, 0.4) is 0 Å². The number of hydrogen-bond donors (Lipinski definition) is 1. The minimum Gasteiger partial charge on any atom is -0.469 e. The second kappa shape index (κ2) is 1.01. The van der Waals surface area contributed by atoms with Gasteiger partial charge in [-0.1, -0.05) is 0 Å². The van der Waals surface area contributed by atoms with Crippen molar-refractivity contribution in [2.75, 3.05) is 7.11 Å². The van der Waals surface area contributed by atoms with E-state index >= 15 is 0 Å². The minimum absolute atomic E-state index is 0.0993. The number of methoxy groups -OCH3 is 1. The molecule has 4 saturated carbocycles. The first kappa shape index (κ1) is 5.13. The van der Waals surface area contributed by atoms with Crippen molar-refractivity contribution in [3.63, 3.8) is 0 Å². The maximum Gasteiger partial charge on any atom is 0.312 e. The van der Waals surface area contributed by atoms with E-state index in [-0.39, 0.29) is 29.3 Å². The fourth-order valence-electron chi connectivity index (χ4n) is 2.79. The summed E-state index contributed by atoms with van der Waals surface area (Å²) in [6, 6.07) is 0. The van der Waals surface area contributed by atoms with Gasteiger partial charge in [-0.25, -0.2) is 0 Å². The Morgan fingerprint density at radius 1 is 1.50 bits per heavy atom. The van der Waals surface area contributed by atoms with Crippen LogP contribution in [-0.4, -0.2) is 24.3 Å². The van der Waals surface area contributed by atoms with Crippen LogP contribution in [0.2, 0.25) is 0 Å². The summed E-state index contributed by atoms with van der Waals surface area (Å²) < 4.78 is 4.62. The molecule has 0 aromatic carbocycles. The van der Waals surface area contributed by atoms with Crippen molar-refractivity contribution >= 4 is 5.97 Å². The average Bonchev–Trinajstić information content (AvgIpc) is 2.67. The van der Waals surface area contributed by atoms with E-state index in [1.165, 1.54) is 7.11 Å². The summed E-state index contributed by atoms with van der Waals surface area (Å²) in [5, 5.41) is 9.09. The molecule has 0 aromatic rings. The molecule has 0 saturated heterocycles. The molecule has 0 spiro atoms. The molecule has 54 valence electrons. The van der Waals surface area contributed by atoms with Gasteiger partial charge >= 0.3 is 5.97 Å². The predicted octanol–water partition coefficient (Wildman–Crippen LogP) is -0.604. The van der Waals surface area contributed by atoms with Gasteiger partial charge in [-0.05, 0) is 5.92 Å². The van der Waals surface area contributed by atoms with Gasteiger partial charge in [0.15, 0.2) is 0 Å². The summed E-state index contributed by atoms with van der Waals surface area (Å²) >= 11 is 0. The highest BCUT2D eigenvalue weighted by Gasteiger charge is 3.03. The number of hydrogen-bond acceptors (Lipinski definition) is 3. The summed E-state index contributed by atoms with van der Waals surface area (Å²) in [5.41, 5.74) is -0.159. The first-order chi connectivity index (χ1) is 4.76. The van der Waals surface area contributed by atoms with Crippen molar-refractivity contribution in [2.24, 2.45) is 23.2 Å². The molecule has 4 rings (SSSR count). The third-order valence-corrected chi connectivity index (χ3v) is 3.49. The fourth-order valence-corrected chi connectivity index (χ4v) is 2.79. The molecule has 0 aliphatic heterocycles. The lowest BCUT2D eigenvalue weighted by Gasteiger charge is -2.35. The number of carbonyl (C=O) groups is 1. The number of ether oxygens (including phenoxy) is 1. The van der Waals surface area contributed by atoms with E-state index in [1.54, 1.807) is 0 Å². The number of carbonyl (C=O) groups excluding carboxylic acids is 1. The lowest BCUT2D eigenvalue weighted by Crippen LogP contribution is -2.45. The van der Waals surface area contributed by atoms with E-state index in [4.69, 9.17) is 5.11 Å². The topological polar surface area (TPSA) is 46.5 Å². The Morgan fingerprint density at radius 2 is 2.10 bits per heavy atom. The first-order valence-corrected chi connectivity index (χ1v) is 3.52. The van der Waals surface area contributed by atoms with Crippen molar-refractivity contribution in [2.45, 2.75) is 6.10 Å². The third kappa shape index (κ3) is 0.219. The van der Waals surface area contributed by atoms with Gasteiger partial charge in [0.1, 0.15) is 0 Å². The summed E-state index contributed by atoms with van der Waals surface area (Å²) in [4.78, 5) is 11.0. The summed E-state index contributed by atoms with van der Waals surface area (Å²) in [6.45, 7) is 0. The van der Waals surface area contributed by atoms with Gasteiger partial charge in [-0.2, -0.15) is 0 Å². The normalized spacial score (nSPS) is 65.8. The van der Waals surface area contributed by atoms with Crippen LogP contribution >= 0.6 is 0 Å². The van der Waals surface area contributed by atoms with E-state index in [0.29, 0.717) is 5.92 Å². The SMILES string of the molecule is COC(=O)C12C3C(O)C1C32. The van der Waals surface area contributed by atoms with Crippen LogP contribution in [0.25, 0.3) is 0 Å². The van der Waals surface area contributed by atoms with Gasteiger partial charge in [0, 0.05) is 11.8 Å². The molecule has 0 radical (unpaired) electrons. The molecule has 2 bridgehead atoms. The Bertz CT molecular complexity index is 223. The van der Waals surface area contributed by atoms with Gasteiger partial charge in [-0.15, -0.1) is 0 Å². The fraction of sp³-hybridized carbons (Fsp3) is 0.857. The van der Waals surface area contributed by atoms with Crippen molar-refractivity contribution in [1.29, 1.82) is 0 Å². The monoisotopic (exact) mass is 140 g/mol. The van der Waals surface area contributed by atoms with E-state index < -0.39 is 0 Å². The second-order valence-electron chi connectivity index (χ2n) is 3.49. The molecule has 0 heterocycles. The van der Waals surface area contributed by atoms with Gasteiger partial charge in [-0.3, -0.25) is 4.79 Å². The number of aliphatic hydroxyl groups excluding tert-OH is 1. The van der Waals surface area contributed by atoms with Gasteiger partial charge < -0.3 is 9.84 Å². The standard InChI is InChI=1S/C7H8O3/c1-10-6(9)7-2-3(7)5(8)4(2)7/h2-5,8H,1H3. The maximum atomic E-state index is 11.0. The quantitative estimate of drug-likeness (QED) is 0.494. The van der Waals surface area contributed by atoms with Crippen molar-refractivity contribution in [3.8, 4) is 0 Å². The highest BCUT2D eigenvalue weighted by molar-refractivity contribution is 5.91. The zero-order valence-electron chi connectivity index (χ0n) is 5.57. The Kier molecular flexibility index (Phi) is 0.520. The van der Waals surface area contributed by atoms with Crippen molar-refractivity contribution in [1.82, 2.24) is 0 Å². The van der Waals surface area contributed by atoms with Gasteiger partial charge in [0.2, 0.25) is 0 Å². The largest absolute Gasteiger partial charge is 0.469 e.